The smallest absolute Gasteiger partial charge is 0.273 e. The molecular weight excluding hydrogens is 264 g/mol. The lowest BCUT2D eigenvalue weighted by Gasteiger charge is -2.23. The molecule has 0 saturated heterocycles. The van der Waals surface area contributed by atoms with Crippen molar-refractivity contribution in [3.05, 3.63) is 17.9 Å². The van der Waals surface area contributed by atoms with Crippen molar-refractivity contribution in [3.8, 4) is 0 Å². The van der Waals surface area contributed by atoms with E-state index in [1.54, 1.807) is 13.1 Å². The van der Waals surface area contributed by atoms with Gasteiger partial charge >= 0.3 is 0 Å². The minimum atomic E-state index is -3.53. The highest BCUT2D eigenvalue weighted by molar-refractivity contribution is 7.89. The summed E-state index contributed by atoms with van der Waals surface area (Å²) in [5.74, 6) is 0.620. The topological polar surface area (TPSA) is 71.3 Å². The Labute approximate surface area is 114 Å². The zero-order valence-electron chi connectivity index (χ0n) is 11.5. The molecule has 0 amide bonds. The average molecular weight is 286 g/mol. The van der Waals surface area contributed by atoms with Gasteiger partial charge in [0.05, 0.1) is 6.54 Å². The van der Waals surface area contributed by atoms with Crippen molar-refractivity contribution in [2.75, 3.05) is 13.6 Å². The molecule has 1 heterocycles. The Hall–Kier alpha value is -0.850. The van der Waals surface area contributed by atoms with Crippen LogP contribution in [0.4, 0.5) is 0 Å². The van der Waals surface area contributed by atoms with E-state index in [-0.39, 0.29) is 10.5 Å². The second kappa shape index (κ2) is 5.64. The Balaban J connectivity index is 2.01. The molecule has 0 aromatic carbocycles. The SMILES string of the molecule is CNCc1ccc(S(=O)(=O)NCC2(C)CCCC2)o1. The lowest BCUT2D eigenvalue weighted by molar-refractivity contribution is 0.333. The number of sulfonamides is 1. The molecule has 1 aromatic heterocycles. The van der Waals surface area contributed by atoms with Gasteiger partial charge < -0.3 is 9.73 Å². The first-order valence-electron chi connectivity index (χ1n) is 6.68. The predicted octanol–water partition coefficient (Wildman–Crippen LogP) is 1.86. The molecule has 6 heteroatoms. The Kier molecular flexibility index (Phi) is 4.32. The summed E-state index contributed by atoms with van der Waals surface area (Å²) in [6.07, 6.45) is 4.54. The van der Waals surface area contributed by atoms with Crippen molar-refractivity contribution in [3.63, 3.8) is 0 Å². The van der Waals surface area contributed by atoms with Crippen LogP contribution in [0.25, 0.3) is 0 Å². The molecular formula is C13H22N2O3S. The van der Waals surface area contributed by atoms with Crippen molar-refractivity contribution in [2.45, 2.75) is 44.2 Å². The quantitative estimate of drug-likeness (QED) is 0.837. The van der Waals surface area contributed by atoms with Crippen LogP contribution in [0, 0.1) is 5.41 Å². The minimum absolute atomic E-state index is 0.000605. The summed E-state index contributed by atoms with van der Waals surface area (Å²) in [7, 11) is -1.74. The summed E-state index contributed by atoms with van der Waals surface area (Å²) in [4.78, 5) is 0. The van der Waals surface area contributed by atoms with Crippen molar-refractivity contribution in [1.29, 1.82) is 0 Å². The molecule has 0 radical (unpaired) electrons. The van der Waals surface area contributed by atoms with E-state index in [1.165, 1.54) is 18.9 Å². The van der Waals surface area contributed by atoms with Crippen molar-refractivity contribution >= 4 is 10.0 Å². The van der Waals surface area contributed by atoms with Crippen LogP contribution in [0.15, 0.2) is 21.6 Å². The molecule has 0 bridgehead atoms. The van der Waals surface area contributed by atoms with Crippen LogP contribution in [0.1, 0.15) is 38.4 Å². The second-order valence-corrected chi connectivity index (χ2v) is 7.29. The van der Waals surface area contributed by atoms with E-state index in [0.717, 1.165) is 12.8 Å². The van der Waals surface area contributed by atoms with Crippen LogP contribution in [-0.4, -0.2) is 22.0 Å². The number of furan rings is 1. The van der Waals surface area contributed by atoms with Gasteiger partial charge in [-0.05, 0) is 37.4 Å². The van der Waals surface area contributed by atoms with Crippen LogP contribution in [0.2, 0.25) is 0 Å². The highest BCUT2D eigenvalue weighted by Crippen LogP contribution is 2.37. The molecule has 19 heavy (non-hydrogen) atoms. The van der Waals surface area contributed by atoms with Crippen LogP contribution in [0.5, 0.6) is 0 Å². The van der Waals surface area contributed by atoms with Gasteiger partial charge in [0, 0.05) is 6.54 Å². The summed E-state index contributed by atoms with van der Waals surface area (Å²) < 4.78 is 32.2. The maximum Gasteiger partial charge on any atom is 0.273 e. The van der Waals surface area contributed by atoms with E-state index in [0.29, 0.717) is 18.8 Å². The van der Waals surface area contributed by atoms with E-state index in [2.05, 4.69) is 17.0 Å². The third-order valence-electron chi connectivity index (χ3n) is 3.75. The zero-order chi connectivity index (χ0) is 13.9. The Morgan fingerprint density at radius 1 is 1.32 bits per heavy atom. The molecule has 2 rings (SSSR count). The molecule has 2 N–H and O–H groups in total. The van der Waals surface area contributed by atoms with Crippen molar-refractivity contribution in [1.82, 2.24) is 10.0 Å². The van der Waals surface area contributed by atoms with Crippen molar-refractivity contribution < 1.29 is 12.8 Å². The molecule has 1 aliphatic rings. The first-order valence-corrected chi connectivity index (χ1v) is 8.16. The highest BCUT2D eigenvalue weighted by Gasteiger charge is 2.31. The highest BCUT2D eigenvalue weighted by atomic mass is 32.2. The molecule has 0 unspecified atom stereocenters. The average Bonchev–Trinajstić information content (AvgIpc) is 2.98. The van der Waals surface area contributed by atoms with Crippen LogP contribution in [0.3, 0.4) is 0 Å². The summed E-state index contributed by atoms with van der Waals surface area (Å²) in [5, 5.41) is 2.92. The van der Waals surface area contributed by atoms with Gasteiger partial charge in [0.15, 0.2) is 0 Å². The number of nitrogens with one attached hydrogen (secondary N) is 2. The number of hydrogen-bond acceptors (Lipinski definition) is 4. The van der Waals surface area contributed by atoms with E-state index in [9.17, 15) is 8.42 Å². The van der Waals surface area contributed by atoms with Crippen LogP contribution >= 0.6 is 0 Å². The monoisotopic (exact) mass is 286 g/mol. The maximum absolute atomic E-state index is 12.1. The molecule has 108 valence electrons. The van der Waals surface area contributed by atoms with E-state index >= 15 is 0 Å². The van der Waals surface area contributed by atoms with Crippen molar-refractivity contribution in [2.24, 2.45) is 5.41 Å². The van der Waals surface area contributed by atoms with Gasteiger partial charge in [-0.2, -0.15) is 0 Å². The molecule has 1 aliphatic carbocycles. The zero-order valence-corrected chi connectivity index (χ0v) is 12.3. The summed E-state index contributed by atoms with van der Waals surface area (Å²) in [6, 6.07) is 3.19. The molecule has 0 atom stereocenters. The standard InChI is InChI=1S/C13H22N2O3S/c1-13(7-3-4-8-13)10-15-19(16,17)12-6-5-11(18-12)9-14-2/h5-6,14-15H,3-4,7-10H2,1-2H3. The number of rotatable bonds is 6. The van der Waals surface area contributed by atoms with Gasteiger partial charge in [-0.15, -0.1) is 0 Å². The minimum Gasteiger partial charge on any atom is -0.447 e. The number of hydrogen-bond donors (Lipinski definition) is 2. The molecule has 1 aromatic rings. The lowest BCUT2D eigenvalue weighted by Crippen LogP contribution is -2.33. The van der Waals surface area contributed by atoms with Crippen LogP contribution in [-0.2, 0) is 16.6 Å². The van der Waals surface area contributed by atoms with E-state index < -0.39 is 10.0 Å². The van der Waals surface area contributed by atoms with E-state index in [1.807, 2.05) is 0 Å². The molecule has 0 spiro atoms. The molecule has 0 aliphatic heterocycles. The van der Waals surface area contributed by atoms with Gasteiger partial charge in [-0.3, -0.25) is 0 Å². The Bertz CT molecular complexity index is 516. The van der Waals surface area contributed by atoms with Gasteiger partial charge in [0.2, 0.25) is 5.09 Å². The third kappa shape index (κ3) is 3.58. The normalized spacial score (nSPS) is 18.8. The second-order valence-electron chi connectivity index (χ2n) is 5.59. The Morgan fingerprint density at radius 2 is 2.00 bits per heavy atom. The van der Waals surface area contributed by atoms with Gasteiger partial charge in [0.1, 0.15) is 5.76 Å². The van der Waals surface area contributed by atoms with Gasteiger partial charge in [0.25, 0.3) is 10.0 Å². The first kappa shape index (κ1) is 14.6. The molecule has 1 fully saturated rings. The predicted molar refractivity (Wildman–Crippen MR) is 73.2 cm³/mol. The fourth-order valence-electron chi connectivity index (χ4n) is 2.52. The summed E-state index contributed by atoms with van der Waals surface area (Å²) >= 11 is 0. The van der Waals surface area contributed by atoms with Gasteiger partial charge in [-0.25, -0.2) is 13.1 Å². The fraction of sp³-hybridized carbons (Fsp3) is 0.692. The largest absolute Gasteiger partial charge is 0.447 e. The molecule has 1 saturated carbocycles. The first-order chi connectivity index (χ1) is 8.95. The molecule has 5 nitrogen and oxygen atoms in total. The fourth-order valence-corrected chi connectivity index (χ4v) is 3.66. The third-order valence-corrected chi connectivity index (χ3v) is 5.03. The maximum atomic E-state index is 12.1. The van der Waals surface area contributed by atoms with Crippen LogP contribution < -0.4 is 10.0 Å². The summed E-state index contributed by atoms with van der Waals surface area (Å²) in [5.41, 5.74) is 0.0907. The summed E-state index contributed by atoms with van der Waals surface area (Å²) in [6.45, 7) is 3.14. The van der Waals surface area contributed by atoms with Gasteiger partial charge in [-0.1, -0.05) is 19.8 Å². The lowest BCUT2D eigenvalue weighted by atomic mass is 9.89. The van der Waals surface area contributed by atoms with E-state index in [4.69, 9.17) is 4.42 Å². The Morgan fingerprint density at radius 3 is 2.63 bits per heavy atom.